The zero-order chi connectivity index (χ0) is 8.72. The van der Waals surface area contributed by atoms with E-state index in [9.17, 15) is 9.90 Å². The zero-order valence-electron chi connectivity index (χ0n) is 6.04. The Hall–Kier alpha value is -0.870. The molecule has 1 unspecified atom stereocenters. The molecule has 12 heavy (non-hydrogen) atoms. The number of carbonyl (C=O) groups is 1. The number of carbonyl (C=O) groups excluding carboxylic acids is 1. The molecule has 1 atom stereocenters. The number of amides is 1. The lowest BCUT2D eigenvalue weighted by Crippen LogP contribution is -2.10. The van der Waals surface area contributed by atoms with Gasteiger partial charge in [0.1, 0.15) is 0 Å². The summed E-state index contributed by atoms with van der Waals surface area (Å²) in [6.07, 6.45) is -1.03. The lowest BCUT2D eigenvalue weighted by molar-refractivity contribution is -0.123. The van der Waals surface area contributed by atoms with Gasteiger partial charge in [0.05, 0.1) is 0 Å². The van der Waals surface area contributed by atoms with Crippen molar-refractivity contribution in [2.75, 3.05) is 5.32 Å². The van der Waals surface area contributed by atoms with Crippen LogP contribution in [-0.4, -0.2) is 11.0 Å². The first-order chi connectivity index (χ1) is 5.70. The van der Waals surface area contributed by atoms with Crippen molar-refractivity contribution in [1.82, 2.24) is 0 Å². The van der Waals surface area contributed by atoms with Gasteiger partial charge in [-0.05, 0) is 12.1 Å². The summed E-state index contributed by atoms with van der Waals surface area (Å²) in [6, 6.07) is 5.36. The minimum absolute atomic E-state index is 0.364. The number of rotatable bonds is 0. The molecular weight excluding hydrogens is 222 g/mol. The van der Waals surface area contributed by atoms with Crippen LogP contribution in [0.5, 0.6) is 0 Å². The summed E-state index contributed by atoms with van der Waals surface area (Å²) in [4.78, 5) is 11.0. The number of aliphatic hydroxyl groups is 1. The third-order valence-corrected chi connectivity index (χ3v) is 2.52. The average molecular weight is 228 g/mol. The summed E-state index contributed by atoms with van der Waals surface area (Å²) in [5, 5.41) is 12.0. The van der Waals surface area contributed by atoms with E-state index in [1.54, 1.807) is 18.2 Å². The van der Waals surface area contributed by atoms with Gasteiger partial charge >= 0.3 is 0 Å². The number of hydrogen-bond donors (Lipinski definition) is 2. The van der Waals surface area contributed by atoms with Crippen LogP contribution in [-0.2, 0) is 4.79 Å². The largest absolute Gasteiger partial charge is 0.378 e. The van der Waals surface area contributed by atoms with Crippen molar-refractivity contribution < 1.29 is 9.90 Å². The SMILES string of the molecule is O=C1Nc2cccc(Br)c2C1O. The lowest BCUT2D eigenvalue weighted by atomic mass is 10.1. The molecule has 2 N–H and O–H groups in total. The summed E-state index contributed by atoms with van der Waals surface area (Å²) >= 11 is 3.26. The Kier molecular flexibility index (Phi) is 1.66. The van der Waals surface area contributed by atoms with Gasteiger partial charge in [-0.2, -0.15) is 0 Å². The minimum atomic E-state index is -1.03. The van der Waals surface area contributed by atoms with E-state index in [1.807, 2.05) is 0 Å². The summed E-state index contributed by atoms with van der Waals surface area (Å²) in [7, 11) is 0. The molecule has 0 aromatic heterocycles. The number of aliphatic hydroxyl groups excluding tert-OH is 1. The molecule has 1 aliphatic rings. The molecule has 2 rings (SSSR count). The van der Waals surface area contributed by atoms with Crippen molar-refractivity contribution >= 4 is 27.5 Å². The van der Waals surface area contributed by atoms with Crippen LogP contribution in [0, 0.1) is 0 Å². The molecule has 0 radical (unpaired) electrons. The molecule has 0 saturated carbocycles. The average Bonchev–Trinajstić information content (AvgIpc) is 2.29. The number of anilines is 1. The second-order valence-electron chi connectivity index (χ2n) is 2.59. The van der Waals surface area contributed by atoms with Crippen LogP contribution in [0.15, 0.2) is 22.7 Å². The molecular formula is C8H6BrNO2. The molecule has 62 valence electrons. The van der Waals surface area contributed by atoms with Crippen LogP contribution >= 0.6 is 15.9 Å². The Morgan fingerprint density at radius 2 is 2.25 bits per heavy atom. The van der Waals surface area contributed by atoms with Gasteiger partial charge in [0.2, 0.25) is 0 Å². The van der Waals surface area contributed by atoms with Gasteiger partial charge < -0.3 is 10.4 Å². The second kappa shape index (κ2) is 2.57. The molecule has 0 aliphatic carbocycles. The highest BCUT2D eigenvalue weighted by molar-refractivity contribution is 9.10. The maximum atomic E-state index is 11.0. The van der Waals surface area contributed by atoms with Crippen LogP contribution in [0.4, 0.5) is 5.69 Å². The molecule has 1 aromatic carbocycles. The van der Waals surface area contributed by atoms with Crippen molar-refractivity contribution in [2.24, 2.45) is 0 Å². The van der Waals surface area contributed by atoms with Crippen LogP contribution in [0.3, 0.4) is 0 Å². The molecule has 1 heterocycles. The standard InChI is InChI=1S/C8H6BrNO2/c9-4-2-1-3-5-6(4)7(11)8(12)10-5/h1-3,7,11H,(H,10,12). The van der Waals surface area contributed by atoms with E-state index < -0.39 is 6.10 Å². The summed E-state index contributed by atoms with van der Waals surface area (Å²) in [5.41, 5.74) is 1.31. The van der Waals surface area contributed by atoms with Crippen LogP contribution in [0.25, 0.3) is 0 Å². The molecule has 0 fully saturated rings. The Labute approximate surface area is 77.5 Å². The van der Waals surface area contributed by atoms with Gasteiger partial charge in [-0.25, -0.2) is 0 Å². The third-order valence-electron chi connectivity index (χ3n) is 1.83. The fourth-order valence-corrected chi connectivity index (χ4v) is 1.84. The van der Waals surface area contributed by atoms with Crippen molar-refractivity contribution in [3.05, 3.63) is 28.2 Å². The number of fused-ring (bicyclic) bond motifs is 1. The number of hydrogen-bond acceptors (Lipinski definition) is 2. The molecule has 4 heteroatoms. The number of halogens is 1. The predicted molar refractivity (Wildman–Crippen MR) is 47.7 cm³/mol. The molecule has 1 amide bonds. The van der Waals surface area contributed by atoms with Crippen molar-refractivity contribution in [3.63, 3.8) is 0 Å². The van der Waals surface area contributed by atoms with Crippen LogP contribution < -0.4 is 5.32 Å². The van der Waals surface area contributed by atoms with E-state index >= 15 is 0 Å². The Morgan fingerprint density at radius 1 is 1.50 bits per heavy atom. The fourth-order valence-electron chi connectivity index (χ4n) is 1.26. The normalized spacial score (nSPS) is 20.5. The Balaban J connectivity index is 2.62. The first kappa shape index (κ1) is 7.76. The van der Waals surface area contributed by atoms with Crippen LogP contribution in [0.1, 0.15) is 11.7 Å². The van der Waals surface area contributed by atoms with Gasteiger partial charge in [-0.15, -0.1) is 0 Å². The lowest BCUT2D eigenvalue weighted by Gasteiger charge is -2.01. The first-order valence-corrected chi connectivity index (χ1v) is 4.27. The summed E-state index contributed by atoms with van der Waals surface area (Å²) in [6.45, 7) is 0. The Morgan fingerprint density at radius 3 is 2.92 bits per heavy atom. The summed E-state index contributed by atoms with van der Waals surface area (Å²) < 4.78 is 0.755. The minimum Gasteiger partial charge on any atom is -0.378 e. The van der Waals surface area contributed by atoms with Gasteiger partial charge in [0.25, 0.3) is 5.91 Å². The molecule has 3 nitrogen and oxygen atoms in total. The summed E-state index contributed by atoms with van der Waals surface area (Å²) in [5.74, 6) is -0.364. The number of nitrogens with one attached hydrogen (secondary N) is 1. The van der Waals surface area contributed by atoms with Gasteiger partial charge in [0, 0.05) is 15.7 Å². The molecule has 1 aromatic rings. The maximum Gasteiger partial charge on any atom is 0.257 e. The molecule has 0 spiro atoms. The van der Waals surface area contributed by atoms with Crippen LogP contribution in [0.2, 0.25) is 0 Å². The topological polar surface area (TPSA) is 49.3 Å². The van der Waals surface area contributed by atoms with Gasteiger partial charge in [-0.3, -0.25) is 4.79 Å². The van der Waals surface area contributed by atoms with E-state index in [4.69, 9.17) is 0 Å². The predicted octanol–water partition coefficient (Wildman–Crippen LogP) is 1.43. The fraction of sp³-hybridized carbons (Fsp3) is 0.125. The van der Waals surface area contributed by atoms with E-state index in [1.165, 1.54) is 0 Å². The van der Waals surface area contributed by atoms with E-state index in [0.29, 0.717) is 11.3 Å². The zero-order valence-corrected chi connectivity index (χ0v) is 7.63. The second-order valence-corrected chi connectivity index (χ2v) is 3.45. The highest BCUT2D eigenvalue weighted by Gasteiger charge is 2.29. The molecule has 1 aliphatic heterocycles. The Bertz CT molecular complexity index is 351. The highest BCUT2D eigenvalue weighted by atomic mass is 79.9. The van der Waals surface area contributed by atoms with E-state index in [2.05, 4.69) is 21.2 Å². The van der Waals surface area contributed by atoms with E-state index in [0.717, 1.165) is 4.47 Å². The van der Waals surface area contributed by atoms with Crippen molar-refractivity contribution in [3.8, 4) is 0 Å². The maximum absolute atomic E-state index is 11.0. The highest BCUT2D eigenvalue weighted by Crippen LogP contribution is 2.35. The number of benzene rings is 1. The van der Waals surface area contributed by atoms with Crippen molar-refractivity contribution in [2.45, 2.75) is 6.10 Å². The van der Waals surface area contributed by atoms with Crippen molar-refractivity contribution in [1.29, 1.82) is 0 Å². The molecule has 0 saturated heterocycles. The monoisotopic (exact) mass is 227 g/mol. The smallest absolute Gasteiger partial charge is 0.257 e. The third kappa shape index (κ3) is 0.956. The van der Waals surface area contributed by atoms with Gasteiger partial charge in [-0.1, -0.05) is 22.0 Å². The first-order valence-electron chi connectivity index (χ1n) is 3.47. The molecule has 0 bridgehead atoms. The quantitative estimate of drug-likeness (QED) is 0.705. The van der Waals surface area contributed by atoms with E-state index in [-0.39, 0.29) is 5.91 Å². The van der Waals surface area contributed by atoms with Gasteiger partial charge in [0.15, 0.2) is 6.10 Å².